The Labute approximate surface area is 76.6 Å². The molecule has 0 saturated heterocycles. The molecule has 70 valence electrons. The van der Waals surface area contributed by atoms with Crippen LogP contribution >= 0.6 is 0 Å². The largest absolute Gasteiger partial charge is 0.399 e. The molecule has 1 heteroatoms. The maximum absolute atomic E-state index is 5.36. The fourth-order valence-corrected chi connectivity index (χ4v) is 0.453. The third kappa shape index (κ3) is 11.8. The minimum atomic E-state index is 0.822. The minimum absolute atomic E-state index is 0.822. The molecule has 0 atom stereocenters. The van der Waals surface area contributed by atoms with E-state index in [9.17, 15) is 0 Å². The van der Waals surface area contributed by atoms with Crippen LogP contribution in [-0.2, 0) is 0 Å². The highest BCUT2D eigenvalue weighted by molar-refractivity contribution is 5.35. The SMILES string of the molecule is CC.CCC.Nc1ccccc1. The summed E-state index contributed by atoms with van der Waals surface area (Å²) >= 11 is 0. The van der Waals surface area contributed by atoms with Gasteiger partial charge in [0.1, 0.15) is 0 Å². The second-order valence-corrected chi connectivity index (χ2v) is 2.12. The average molecular weight is 167 g/mol. The Morgan fingerprint density at radius 2 is 1.33 bits per heavy atom. The molecule has 0 aromatic heterocycles. The van der Waals surface area contributed by atoms with E-state index in [1.165, 1.54) is 6.42 Å². The summed E-state index contributed by atoms with van der Waals surface area (Å²) in [5.74, 6) is 0. The predicted molar refractivity (Wildman–Crippen MR) is 58.2 cm³/mol. The molecule has 0 unspecified atom stereocenters. The van der Waals surface area contributed by atoms with Crippen LogP contribution in [0.4, 0.5) is 5.69 Å². The Hall–Kier alpha value is -0.980. The van der Waals surface area contributed by atoms with Crippen molar-refractivity contribution in [1.82, 2.24) is 0 Å². The van der Waals surface area contributed by atoms with E-state index in [0.29, 0.717) is 0 Å². The van der Waals surface area contributed by atoms with E-state index in [-0.39, 0.29) is 0 Å². The molecular formula is C11H21N. The Bertz CT molecular complexity index is 146. The number of hydrogen-bond acceptors (Lipinski definition) is 1. The topological polar surface area (TPSA) is 26.0 Å². The van der Waals surface area contributed by atoms with Crippen LogP contribution in [0.25, 0.3) is 0 Å². The Morgan fingerprint density at radius 3 is 1.50 bits per heavy atom. The molecule has 0 spiro atoms. The summed E-state index contributed by atoms with van der Waals surface area (Å²) in [4.78, 5) is 0. The molecule has 0 aliphatic rings. The van der Waals surface area contributed by atoms with Crippen molar-refractivity contribution in [3.8, 4) is 0 Å². The molecule has 12 heavy (non-hydrogen) atoms. The fraction of sp³-hybridized carbons (Fsp3) is 0.455. The van der Waals surface area contributed by atoms with Crippen molar-refractivity contribution in [2.24, 2.45) is 0 Å². The number of anilines is 1. The molecule has 1 aromatic carbocycles. The van der Waals surface area contributed by atoms with E-state index < -0.39 is 0 Å². The van der Waals surface area contributed by atoms with Crippen molar-refractivity contribution >= 4 is 5.69 Å². The smallest absolute Gasteiger partial charge is 0.0313 e. The lowest BCUT2D eigenvalue weighted by Crippen LogP contribution is -1.79. The van der Waals surface area contributed by atoms with Gasteiger partial charge in [0.2, 0.25) is 0 Å². The summed E-state index contributed by atoms with van der Waals surface area (Å²) in [6.07, 6.45) is 1.25. The summed E-state index contributed by atoms with van der Waals surface area (Å²) in [5, 5.41) is 0. The first kappa shape index (κ1) is 13.6. The van der Waals surface area contributed by atoms with Crippen LogP contribution < -0.4 is 5.73 Å². The van der Waals surface area contributed by atoms with Crippen molar-refractivity contribution in [3.63, 3.8) is 0 Å². The van der Waals surface area contributed by atoms with Crippen LogP contribution in [0.5, 0.6) is 0 Å². The van der Waals surface area contributed by atoms with Crippen molar-refractivity contribution in [3.05, 3.63) is 30.3 Å². The molecule has 2 N–H and O–H groups in total. The Morgan fingerprint density at radius 1 is 1.00 bits per heavy atom. The van der Waals surface area contributed by atoms with Gasteiger partial charge in [0.25, 0.3) is 0 Å². The van der Waals surface area contributed by atoms with Crippen molar-refractivity contribution in [2.75, 3.05) is 5.73 Å². The van der Waals surface area contributed by atoms with Crippen LogP contribution in [0, 0.1) is 0 Å². The predicted octanol–water partition coefficient (Wildman–Crippen LogP) is 3.71. The molecule has 0 aliphatic heterocycles. The molecule has 1 aromatic rings. The van der Waals surface area contributed by atoms with Crippen molar-refractivity contribution < 1.29 is 0 Å². The zero-order chi connectivity index (χ0) is 9.82. The lowest BCUT2D eigenvalue weighted by molar-refractivity contribution is 1.09. The molecule has 1 nitrogen and oxygen atoms in total. The first-order chi connectivity index (χ1) is 5.81. The molecule has 0 bridgehead atoms. The maximum atomic E-state index is 5.36. The van der Waals surface area contributed by atoms with E-state index in [4.69, 9.17) is 5.73 Å². The maximum Gasteiger partial charge on any atom is 0.0313 e. The molecular weight excluding hydrogens is 146 g/mol. The highest BCUT2D eigenvalue weighted by Gasteiger charge is 1.72. The molecule has 0 amide bonds. The van der Waals surface area contributed by atoms with Gasteiger partial charge in [0, 0.05) is 5.69 Å². The average Bonchev–Trinajstić information content (AvgIpc) is 2.11. The number of benzene rings is 1. The summed E-state index contributed by atoms with van der Waals surface area (Å²) in [5.41, 5.74) is 6.18. The highest BCUT2D eigenvalue weighted by atomic mass is 14.5. The van der Waals surface area contributed by atoms with Gasteiger partial charge < -0.3 is 5.73 Å². The van der Waals surface area contributed by atoms with Crippen molar-refractivity contribution in [1.29, 1.82) is 0 Å². The third-order valence-corrected chi connectivity index (χ3v) is 0.800. The van der Waals surface area contributed by atoms with Crippen LogP contribution in [0.1, 0.15) is 34.1 Å². The van der Waals surface area contributed by atoms with Gasteiger partial charge >= 0.3 is 0 Å². The zero-order valence-corrected chi connectivity index (χ0v) is 8.67. The third-order valence-electron chi connectivity index (χ3n) is 0.800. The van der Waals surface area contributed by atoms with E-state index in [2.05, 4.69) is 13.8 Å². The van der Waals surface area contributed by atoms with E-state index >= 15 is 0 Å². The van der Waals surface area contributed by atoms with E-state index in [1.807, 2.05) is 44.2 Å². The molecule has 0 fully saturated rings. The van der Waals surface area contributed by atoms with E-state index in [0.717, 1.165) is 5.69 Å². The summed E-state index contributed by atoms with van der Waals surface area (Å²) in [6, 6.07) is 9.49. The summed E-state index contributed by atoms with van der Waals surface area (Å²) < 4.78 is 0. The first-order valence-electron chi connectivity index (χ1n) is 4.61. The van der Waals surface area contributed by atoms with Gasteiger partial charge in [-0.05, 0) is 12.1 Å². The van der Waals surface area contributed by atoms with Gasteiger partial charge in [-0.1, -0.05) is 52.3 Å². The van der Waals surface area contributed by atoms with Gasteiger partial charge in [-0.3, -0.25) is 0 Å². The standard InChI is InChI=1S/C6H7N.C3H8.C2H6/c7-6-4-2-1-3-5-6;1-3-2;1-2/h1-5H,7H2;3H2,1-2H3;1-2H3. The minimum Gasteiger partial charge on any atom is -0.399 e. The monoisotopic (exact) mass is 167 g/mol. The number of rotatable bonds is 0. The number of para-hydroxylation sites is 1. The van der Waals surface area contributed by atoms with E-state index in [1.54, 1.807) is 0 Å². The lowest BCUT2D eigenvalue weighted by Gasteiger charge is -1.83. The molecule has 0 heterocycles. The summed E-state index contributed by atoms with van der Waals surface area (Å²) in [7, 11) is 0. The zero-order valence-electron chi connectivity index (χ0n) is 8.67. The molecule has 0 radical (unpaired) electrons. The second-order valence-electron chi connectivity index (χ2n) is 2.12. The van der Waals surface area contributed by atoms with Gasteiger partial charge in [0.15, 0.2) is 0 Å². The summed E-state index contributed by atoms with van der Waals surface area (Å²) in [6.45, 7) is 8.25. The van der Waals surface area contributed by atoms with Crippen LogP contribution in [-0.4, -0.2) is 0 Å². The quantitative estimate of drug-likeness (QED) is 0.586. The van der Waals surface area contributed by atoms with Crippen LogP contribution in [0.15, 0.2) is 30.3 Å². The Balaban J connectivity index is 0. The number of nitrogens with two attached hydrogens (primary N) is 1. The molecule has 0 saturated carbocycles. The van der Waals surface area contributed by atoms with Gasteiger partial charge in [0.05, 0.1) is 0 Å². The first-order valence-corrected chi connectivity index (χ1v) is 4.61. The molecule has 1 rings (SSSR count). The Kier molecular flexibility index (Phi) is 14.4. The number of nitrogen functional groups attached to an aromatic ring is 1. The van der Waals surface area contributed by atoms with Crippen molar-refractivity contribution in [2.45, 2.75) is 34.1 Å². The van der Waals surface area contributed by atoms with Gasteiger partial charge in [-0.2, -0.15) is 0 Å². The van der Waals surface area contributed by atoms with Gasteiger partial charge in [-0.25, -0.2) is 0 Å². The van der Waals surface area contributed by atoms with Crippen LogP contribution in [0.3, 0.4) is 0 Å². The highest BCUT2D eigenvalue weighted by Crippen LogP contribution is 1.95. The lowest BCUT2D eigenvalue weighted by atomic mass is 10.3. The van der Waals surface area contributed by atoms with Gasteiger partial charge in [-0.15, -0.1) is 0 Å². The normalized spacial score (nSPS) is 7.00. The molecule has 0 aliphatic carbocycles. The number of hydrogen-bond donors (Lipinski definition) is 1. The van der Waals surface area contributed by atoms with Crippen LogP contribution in [0.2, 0.25) is 0 Å². The fourth-order valence-electron chi connectivity index (χ4n) is 0.453. The second kappa shape index (κ2) is 12.7.